The lowest BCUT2D eigenvalue weighted by Gasteiger charge is -2.08. The van der Waals surface area contributed by atoms with E-state index in [-0.39, 0.29) is 11.5 Å². The van der Waals surface area contributed by atoms with Crippen LogP contribution in [0.2, 0.25) is 0 Å². The van der Waals surface area contributed by atoms with Crippen molar-refractivity contribution in [1.29, 1.82) is 0 Å². The third-order valence-electron chi connectivity index (χ3n) is 4.53. The fourth-order valence-corrected chi connectivity index (χ4v) is 2.81. The fraction of sp³-hybridized carbons (Fsp3) is 0.238. The number of aryl methyl sites for hydroxylation is 4. The number of anilines is 1. The molecule has 0 radical (unpaired) electrons. The van der Waals surface area contributed by atoms with Crippen LogP contribution in [0, 0.1) is 20.8 Å². The van der Waals surface area contributed by atoms with Gasteiger partial charge >= 0.3 is 0 Å². The molecule has 128 valence electrons. The Balaban J connectivity index is 1.67. The first-order valence-corrected chi connectivity index (χ1v) is 8.42. The van der Waals surface area contributed by atoms with E-state index in [0.717, 1.165) is 27.7 Å². The Labute approximate surface area is 146 Å². The third kappa shape index (κ3) is 3.97. The Morgan fingerprint density at radius 3 is 2.52 bits per heavy atom. The highest BCUT2D eigenvalue weighted by Crippen LogP contribution is 2.16. The number of nitrogens with one attached hydrogen (secondary N) is 2. The second-order valence-electron chi connectivity index (χ2n) is 6.55. The van der Waals surface area contributed by atoms with Crippen molar-refractivity contribution in [3.8, 4) is 0 Å². The summed E-state index contributed by atoms with van der Waals surface area (Å²) in [7, 11) is 0. The first-order valence-electron chi connectivity index (χ1n) is 8.42. The van der Waals surface area contributed by atoms with E-state index in [4.69, 9.17) is 0 Å². The summed E-state index contributed by atoms with van der Waals surface area (Å²) < 4.78 is 0. The number of hydrogen-bond donors (Lipinski definition) is 2. The molecule has 3 rings (SSSR count). The van der Waals surface area contributed by atoms with Gasteiger partial charge < -0.3 is 10.3 Å². The smallest absolute Gasteiger partial charge is 0.251 e. The summed E-state index contributed by atoms with van der Waals surface area (Å²) in [5, 5.41) is 3.94. The number of aromatic amines is 1. The lowest BCUT2D eigenvalue weighted by Crippen LogP contribution is -2.12. The first kappa shape index (κ1) is 17.0. The van der Waals surface area contributed by atoms with Crippen molar-refractivity contribution >= 4 is 22.5 Å². The van der Waals surface area contributed by atoms with E-state index in [1.54, 1.807) is 6.92 Å². The van der Waals surface area contributed by atoms with Gasteiger partial charge in [-0.05, 0) is 73.5 Å². The molecule has 0 spiro atoms. The predicted octanol–water partition coefficient (Wildman–Crippen LogP) is 4.02. The molecule has 4 nitrogen and oxygen atoms in total. The van der Waals surface area contributed by atoms with Crippen LogP contribution in [0.25, 0.3) is 10.9 Å². The number of hydrogen-bond acceptors (Lipinski definition) is 2. The molecular formula is C21H22N2O2. The molecule has 1 heterocycles. The molecule has 0 saturated heterocycles. The molecule has 0 aliphatic rings. The van der Waals surface area contributed by atoms with Crippen molar-refractivity contribution < 1.29 is 4.79 Å². The van der Waals surface area contributed by atoms with E-state index in [2.05, 4.69) is 10.3 Å². The lowest BCUT2D eigenvalue weighted by molar-refractivity contribution is -0.116. The van der Waals surface area contributed by atoms with E-state index < -0.39 is 0 Å². The molecular weight excluding hydrogens is 312 g/mol. The summed E-state index contributed by atoms with van der Waals surface area (Å²) in [6.07, 6.45) is 1.02. The van der Waals surface area contributed by atoms with Crippen LogP contribution in [0.15, 0.2) is 47.3 Å². The van der Waals surface area contributed by atoms with Crippen molar-refractivity contribution in [3.05, 3.63) is 75.1 Å². The van der Waals surface area contributed by atoms with Crippen LogP contribution in [0.1, 0.15) is 28.7 Å². The zero-order chi connectivity index (χ0) is 18.0. The SMILES string of the molecule is Cc1ccc(NC(=O)CCc2ccc3cc(C)c(=O)[nH]c3c2)cc1C. The third-order valence-corrected chi connectivity index (χ3v) is 4.53. The van der Waals surface area contributed by atoms with Crippen molar-refractivity contribution in [2.45, 2.75) is 33.6 Å². The highest BCUT2D eigenvalue weighted by Gasteiger charge is 2.06. The number of carbonyl (C=O) groups is 1. The van der Waals surface area contributed by atoms with Gasteiger partial charge in [0.25, 0.3) is 5.56 Å². The van der Waals surface area contributed by atoms with E-state index in [1.807, 2.05) is 56.3 Å². The lowest BCUT2D eigenvalue weighted by atomic mass is 10.1. The molecule has 0 unspecified atom stereocenters. The van der Waals surface area contributed by atoms with Crippen LogP contribution in [-0.4, -0.2) is 10.9 Å². The molecule has 0 fully saturated rings. The molecule has 2 N–H and O–H groups in total. The van der Waals surface area contributed by atoms with Crippen molar-refractivity contribution in [2.24, 2.45) is 0 Å². The summed E-state index contributed by atoms with van der Waals surface area (Å²) in [5.41, 5.74) is 5.66. The zero-order valence-electron chi connectivity index (χ0n) is 14.8. The van der Waals surface area contributed by atoms with Gasteiger partial charge in [-0.25, -0.2) is 0 Å². The predicted molar refractivity (Wildman–Crippen MR) is 102 cm³/mol. The summed E-state index contributed by atoms with van der Waals surface area (Å²) in [5.74, 6) is -0.0132. The molecule has 0 saturated carbocycles. The monoisotopic (exact) mass is 334 g/mol. The molecule has 0 atom stereocenters. The van der Waals surface area contributed by atoms with Gasteiger partial charge in [-0.15, -0.1) is 0 Å². The highest BCUT2D eigenvalue weighted by molar-refractivity contribution is 5.91. The number of fused-ring (bicyclic) bond motifs is 1. The molecule has 1 aromatic heterocycles. The maximum Gasteiger partial charge on any atom is 0.251 e. The van der Waals surface area contributed by atoms with Gasteiger partial charge in [-0.2, -0.15) is 0 Å². The number of H-pyrrole nitrogens is 1. The average Bonchev–Trinajstić information content (AvgIpc) is 2.57. The molecule has 25 heavy (non-hydrogen) atoms. The van der Waals surface area contributed by atoms with E-state index >= 15 is 0 Å². The van der Waals surface area contributed by atoms with E-state index in [1.165, 1.54) is 5.56 Å². The molecule has 0 bridgehead atoms. The van der Waals surface area contributed by atoms with Gasteiger partial charge in [-0.1, -0.05) is 18.2 Å². The highest BCUT2D eigenvalue weighted by atomic mass is 16.1. The Bertz CT molecular complexity index is 1000. The fourth-order valence-electron chi connectivity index (χ4n) is 2.81. The van der Waals surface area contributed by atoms with Crippen LogP contribution in [0.5, 0.6) is 0 Å². The molecule has 3 aromatic rings. The Morgan fingerprint density at radius 2 is 1.76 bits per heavy atom. The quantitative estimate of drug-likeness (QED) is 0.757. The van der Waals surface area contributed by atoms with Gasteiger partial charge in [0.05, 0.1) is 0 Å². The topological polar surface area (TPSA) is 62.0 Å². The van der Waals surface area contributed by atoms with Crippen molar-refractivity contribution in [1.82, 2.24) is 4.98 Å². The largest absolute Gasteiger partial charge is 0.326 e. The minimum absolute atomic E-state index is 0.0132. The Kier molecular flexibility index (Phi) is 4.70. The van der Waals surface area contributed by atoms with Gasteiger partial charge in [0, 0.05) is 23.2 Å². The molecule has 4 heteroatoms. The molecule has 1 amide bonds. The molecule has 0 aliphatic carbocycles. The summed E-state index contributed by atoms with van der Waals surface area (Å²) in [4.78, 5) is 26.8. The number of aromatic nitrogens is 1. The van der Waals surface area contributed by atoms with Gasteiger partial charge in [0.2, 0.25) is 5.91 Å². The van der Waals surface area contributed by atoms with E-state index in [9.17, 15) is 9.59 Å². The summed E-state index contributed by atoms with van der Waals surface area (Å²) in [6.45, 7) is 5.87. The second kappa shape index (κ2) is 6.93. The second-order valence-corrected chi connectivity index (χ2v) is 6.55. The van der Waals surface area contributed by atoms with Crippen LogP contribution in [-0.2, 0) is 11.2 Å². The average molecular weight is 334 g/mol. The van der Waals surface area contributed by atoms with Crippen molar-refractivity contribution in [2.75, 3.05) is 5.32 Å². The number of pyridine rings is 1. The van der Waals surface area contributed by atoms with Crippen LogP contribution in [0.3, 0.4) is 0 Å². The molecule has 2 aromatic carbocycles. The Morgan fingerprint density at radius 1 is 0.960 bits per heavy atom. The number of amides is 1. The van der Waals surface area contributed by atoms with Gasteiger partial charge in [0.1, 0.15) is 0 Å². The number of benzene rings is 2. The van der Waals surface area contributed by atoms with Gasteiger partial charge in [0.15, 0.2) is 0 Å². The summed E-state index contributed by atoms with van der Waals surface area (Å²) in [6, 6.07) is 13.7. The zero-order valence-corrected chi connectivity index (χ0v) is 14.8. The minimum Gasteiger partial charge on any atom is -0.326 e. The maximum atomic E-state index is 12.2. The minimum atomic E-state index is -0.0721. The van der Waals surface area contributed by atoms with Crippen LogP contribution >= 0.6 is 0 Å². The van der Waals surface area contributed by atoms with E-state index in [0.29, 0.717) is 18.4 Å². The standard InChI is InChI=1S/C21H22N2O2/c1-13-4-8-18(11-14(13)2)22-20(24)9-6-16-5-7-17-10-15(3)21(25)23-19(17)12-16/h4-5,7-8,10-12H,6,9H2,1-3H3,(H,22,24)(H,23,25). The molecule has 0 aliphatic heterocycles. The van der Waals surface area contributed by atoms with Gasteiger partial charge in [-0.3, -0.25) is 9.59 Å². The normalized spacial score (nSPS) is 10.8. The number of carbonyl (C=O) groups excluding carboxylic acids is 1. The van der Waals surface area contributed by atoms with Crippen LogP contribution < -0.4 is 10.9 Å². The van der Waals surface area contributed by atoms with Crippen LogP contribution in [0.4, 0.5) is 5.69 Å². The number of rotatable bonds is 4. The Hall–Kier alpha value is -2.88. The van der Waals surface area contributed by atoms with Crippen molar-refractivity contribution in [3.63, 3.8) is 0 Å². The maximum absolute atomic E-state index is 12.2. The first-order chi connectivity index (χ1) is 11.9. The summed E-state index contributed by atoms with van der Waals surface area (Å²) >= 11 is 0.